The van der Waals surface area contributed by atoms with Crippen molar-refractivity contribution in [3.8, 4) is 0 Å². The van der Waals surface area contributed by atoms with Gasteiger partial charge in [-0.1, -0.05) is 107 Å². The molecule has 0 aliphatic carbocycles. The van der Waals surface area contributed by atoms with Crippen molar-refractivity contribution in [1.82, 2.24) is 0 Å². The Labute approximate surface area is 257 Å². The fraction of sp³-hybridized carbons (Fsp3) is 0.286. The van der Waals surface area contributed by atoms with E-state index in [-0.39, 0.29) is 23.9 Å². The molecule has 0 heterocycles. The molecule has 8 heteroatoms. The van der Waals surface area contributed by atoms with Crippen molar-refractivity contribution in [3.63, 3.8) is 0 Å². The highest BCUT2D eigenvalue weighted by atomic mass is 16.5. The normalized spacial score (nSPS) is 8.51. The predicted octanol–water partition coefficient (Wildman–Crippen LogP) is 7.31. The van der Waals surface area contributed by atoms with Crippen LogP contribution in [0.2, 0.25) is 0 Å². The maximum atomic E-state index is 11.0. The lowest BCUT2D eigenvalue weighted by molar-refractivity contribution is -0.140. The SMILES string of the molecule is C=C(C)C(=O)OCC.C=C(C)C(=O)OCc1ccccc1.C=CC(=O)OCC.C=CC(=O)OCc1ccccc1.[CH2]CC. The molecule has 2 aromatic rings. The molecule has 0 aliphatic heterocycles. The molecule has 0 saturated heterocycles. The van der Waals surface area contributed by atoms with Crippen molar-refractivity contribution in [2.45, 2.75) is 54.3 Å². The first-order valence-electron chi connectivity index (χ1n) is 13.5. The summed E-state index contributed by atoms with van der Waals surface area (Å²) < 4.78 is 18.8. The van der Waals surface area contributed by atoms with E-state index in [0.717, 1.165) is 29.7 Å². The van der Waals surface area contributed by atoms with Gasteiger partial charge in [0, 0.05) is 23.3 Å². The summed E-state index contributed by atoms with van der Waals surface area (Å²) in [7, 11) is 0. The second kappa shape index (κ2) is 30.2. The summed E-state index contributed by atoms with van der Waals surface area (Å²) in [6.07, 6.45) is 3.30. The average Bonchev–Trinajstić information content (AvgIpc) is 3.01. The molecule has 8 nitrogen and oxygen atoms in total. The van der Waals surface area contributed by atoms with Gasteiger partial charge in [0.15, 0.2) is 0 Å². The Morgan fingerprint density at radius 3 is 1.21 bits per heavy atom. The Balaban J connectivity index is -0.000000495. The van der Waals surface area contributed by atoms with Crippen LogP contribution in [0.5, 0.6) is 0 Å². The number of esters is 4. The predicted molar refractivity (Wildman–Crippen MR) is 171 cm³/mol. The Hall–Kier alpha value is -4.72. The van der Waals surface area contributed by atoms with Gasteiger partial charge in [-0.25, -0.2) is 19.2 Å². The summed E-state index contributed by atoms with van der Waals surface area (Å²) >= 11 is 0. The van der Waals surface area contributed by atoms with Crippen LogP contribution in [0, 0.1) is 6.92 Å². The molecule has 0 amide bonds. The second-order valence-corrected chi connectivity index (χ2v) is 8.10. The zero-order chi connectivity index (χ0) is 33.5. The Morgan fingerprint density at radius 1 is 0.605 bits per heavy atom. The maximum absolute atomic E-state index is 11.0. The summed E-state index contributed by atoms with van der Waals surface area (Å²) in [5.74, 6) is -1.40. The van der Waals surface area contributed by atoms with Gasteiger partial charge in [-0.05, 0) is 38.8 Å². The quantitative estimate of drug-likeness (QED) is 0.160. The molecule has 0 atom stereocenters. The first kappa shape index (κ1) is 42.7. The van der Waals surface area contributed by atoms with Crippen LogP contribution in [0.15, 0.2) is 110 Å². The zero-order valence-corrected chi connectivity index (χ0v) is 26.3. The summed E-state index contributed by atoms with van der Waals surface area (Å²) in [4.78, 5) is 42.1. The minimum absolute atomic E-state index is 0.311. The molecular weight excluding hydrogens is 548 g/mol. The molecule has 0 fully saturated rings. The van der Waals surface area contributed by atoms with Crippen LogP contribution in [0.1, 0.15) is 52.2 Å². The number of carbonyl (C=O) groups is 4. The van der Waals surface area contributed by atoms with Gasteiger partial charge in [0.05, 0.1) is 13.2 Å². The molecule has 235 valence electrons. The molecule has 1 radical (unpaired) electrons. The molecule has 0 spiro atoms. The van der Waals surface area contributed by atoms with Crippen LogP contribution in [-0.2, 0) is 51.3 Å². The number of carbonyl (C=O) groups excluding carboxylic acids is 4. The lowest BCUT2D eigenvalue weighted by Gasteiger charge is -2.03. The summed E-state index contributed by atoms with van der Waals surface area (Å²) in [6.45, 7) is 27.1. The first-order valence-corrected chi connectivity index (χ1v) is 13.5. The minimum Gasteiger partial charge on any atom is -0.463 e. The van der Waals surface area contributed by atoms with Crippen LogP contribution in [0.25, 0.3) is 0 Å². The number of ether oxygens (including phenoxy) is 4. The Morgan fingerprint density at radius 2 is 0.930 bits per heavy atom. The summed E-state index contributed by atoms with van der Waals surface area (Å²) in [5.41, 5.74) is 2.84. The Kier molecular flexibility index (Phi) is 30.1. The molecule has 0 saturated carbocycles. The third-order valence-corrected chi connectivity index (χ3v) is 4.03. The highest BCUT2D eigenvalue weighted by Crippen LogP contribution is 2.03. The molecule has 43 heavy (non-hydrogen) atoms. The zero-order valence-electron chi connectivity index (χ0n) is 26.3. The van der Waals surface area contributed by atoms with Crippen LogP contribution in [-0.4, -0.2) is 37.1 Å². The average molecular weight is 596 g/mol. The van der Waals surface area contributed by atoms with Gasteiger partial charge in [-0.3, -0.25) is 0 Å². The van der Waals surface area contributed by atoms with Gasteiger partial charge in [-0.2, -0.15) is 0 Å². The third-order valence-electron chi connectivity index (χ3n) is 4.03. The van der Waals surface area contributed by atoms with Crippen molar-refractivity contribution in [2.24, 2.45) is 0 Å². The molecule has 0 aromatic heterocycles. The Bertz CT molecular complexity index is 1090. The van der Waals surface area contributed by atoms with E-state index < -0.39 is 0 Å². The van der Waals surface area contributed by atoms with E-state index in [0.29, 0.717) is 37.6 Å². The van der Waals surface area contributed by atoms with Gasteiger partial charge in [0.25, 0.3) is 0 Å². The fourth-order valence-corrected chi connectivity index (χ4v) is 2.09. The summed E-state index contributed by atoms with van der Waals surface area (Å²) in [5, 5.41) is 0. The van der Waals surface area contributed by atoms with Gasteiger partial charge in [0.1, 0.15) is 13.2 Å². The van der Waals surface area contributed by atoms with E-state index in [1.54, 1.807) is 27.7 Å². The number of hydrogen-bond acceptors (Lipinski definition) is 8. The lowest BCUT2D eigenvalue weighted by Crippen LogP contribution is -2.04. The van der Waals surface area contributed by atoms with E-state index in [1.807, 2.05) is 67.6 Å². The summed E-state index contributed by atoms with van der Waals surface area (Å²) in [6, 6.07) is 19.1. The maximum Gasteiger partial charge on any atom is 0.333 e. The van der Waals surface area contributed by atoms with E-state index in [9.17, 15) is 19.2 Å². The molecular formula is C35H47O8. The van der Waals surface area contributed by atoms with Gasteiger partial charge < -0.3 is 18.9 Å². The van der Waals surface area contributed by atoms with Crippen LogP contribution in [0.3, 0.4) is 0 Å². The lowest BCUT2D eigenvalue weighted by atomic mass is 10.2. The number of rotatable bonds is 10. The second-order valence-electron chi connectivity index (χ2n) is 8.10. The van der Waals surface area contributed by atoms with Crippen molar-refractivity contribution >= 4 is 23.9 Å². The molecule has 0 N–H and O–H groups in total. The first-order chi connectivity index (χ1) is 20.4. The molecule has 0 aliphatic rings. The van der Waals surface area contributed by atoms with E-state index in [2.05, 4.69) is 42.7 Å². The van der Waals surface area contributed by atoms with Crippen LogP contribution >= 0.6 is 0 Å². The van der Waals surface area contributed by atoms with Gasteiger partial charge in [0.2, 0.25) is 0 Å². The third kappa shape index (κ3) is 30.1. The largest absolute Gasteiger partial charge is 0.463 e. The van der Waals surface area contributed by atoms with E-state index in [1.165, 1.54) is 0 Å². The monoisotopic (exact) mass is 595 g/mol. The van der Waals surface area contributed by atoms with Gasteiger partial charge in [-0.15, -0.1) is 0 Å². The van der Waals surface area contributed by atoms with E-state index >= 15 is 0 Å². The topological polar surface area (TPSA) is 105 Å². The van der Waals surface area contributed by atoms with Crippen LogP contribution in [0.4, 0.5) is 0 Å². The fourth-order valence-electron chi connectivity index (χ4n) is 2.09. The number of benzene rings is 2. The van der Waals surface area contributed by atoms with Gasteiger partial charge >= 0.3 is 23.9 Å². The molecule has 0 unspecified atom stereocenters. The van der Waals surface area contributed by atoms with Crippen molar-refractivity contribution in [2.75, 3.05) is 13.2 Å². The highest BCUT2D eigenvalue weighted by molar-refractivity contribution is 5.87. The molecule has 2 rings (SSSR count). The smallest absolute Gasteiger partial charge is 0.333 e. The molecule has 0 bridgehead atoms. The van der Waals surface area contributed by atoms with E-state index in [4.69, 9.17) is 9.47 Å². The van der Waals surface area contributed by atoms with Crippen molar-refractivity contribution in [1.29, 1.82) is 0 Å². The standard InChI is InChI=1S/C11H12O2.C10H10O2.C6H10O2.C5H8O2.C3H7/c1-9(2)11(12)13-8-10-6-4-3-5-7-10;1-2-10(11)12-8-9-6-4-3-5-7-9;1-4-8-6(7)5(2)3;1-3-5(6)7-4-2;1-3-2/h3-7H,1,8H2,2H3;2-7H,1,8H2;2,4H2,1,3H3;3H,1,4H2,2H3;1,3H2,2H3. The highest BCUT2D eigenvalue weighted by Gasteiger charge is 2.02. The van der Waals surface area contributed by atoms with Crippen LogP contribution < -0.4 is 0 Å². The van der Waals surface area contributed by atoms with Crippen molar-refractivity contribution < 1.29 is 38.1 Å². The van der Waals surface area contributed by atoms with Crippen molar-refractivity contribution in [3.05, 3.63) is 128 Å². The minimum atomic E-state index is -0.390. The molecule has 2 aromatic carbocycles. The number of hydrogen-bond donors (Lipinski definition) is 0.